The molecule has 116 valence electrons. The topological polar surface area (TPSA) is 50.1 Å². The lowest BCUT2D eigenvalue weighted by atomic mass is 9.93. The Morgan fingerprint density at radius 2 is 1.77 bits per heavy atom. The average Bonchev–Trinajstić information content (AvgIpc) is 2.59. The molecule has 4 heteroatoms. The van der Waals surface area contributed by atoms with Crippen LogP contribution in [0, 0.1) is 0 Å². The molecule has 0 atom stereocenters. The van der Waals surface area contributed by atoms with E-state index in [1.165, 1.54) is 16.7 Å². The maximum Gasteiger partial charge on any atom is 0.207 e. The number of hydrogen-bond acceptors (Lipinski definition) is 3. The lowest BCUT2D eigenvalue weighted by Gasteiger charge is -2.15. The number of hydrogen-bond donors (Lipinski definition) is 4. The zero-order chi connectivity index (χ0) is 16.1. The van der Waals surface area contributed by atoms with Gasteiger partial charge in [0, 0.05) is 55.4 Å². The van der Waals surface area contributed by atoms with Crippen molar-refractivity contribution in [2.24, 2.45) is 0 Å². The first-order valence-electron chi connectivity index (χ1n) is 7.48. The Labute approximate surface area is 132 Å². The Balaban J connectivity index is 2.53. The monoisotopic (exact) mass is 297 g/mol. The summed E-state index contributed by atoms with van der Waals surface area (Å²) in [5.41, 5.74) is 8.07. The van der Waals surface area contributed by atoms with Crippen LogP contribution in [-0.2, 0) is 0 Å². The lowest BCUT2D eigenvalue weighted by molar-refractivity contribution is -0.418. The fourth-order valence-corrected chi connectivity index (χ4v) is 2.61. The average molecular weight is 297 g/mol. The van der Waals surface area contributed by atoms with Crippen molar-refractivity contribution in [2.75, 3.05) is 38.8 Å². The van der Waals surface area contributed by atoms with Crippen LogP contribution in [0.15, 0.2) is 47.7 Å². The van der Waals surface area contributed by atoms with Gasteiger partial charge in [0.25, 0.3) is 0 Å². The molecule has 0 spiro atoms. The second-order valence-corrected chi connectivity index (χ2v) is 5.15. The number of nitrogens with one attached hydrogen (secondary N) is 4. The molecule has 1 aliphatic carbocycles. The third-order valence-corrected chi connectivity index (χ3v) is 3.96. The summed E-state index contributed by atoms with van der Waals surface area (Å²) in [6.45, 7) is 2.16. The normalized spacial score (nSPS) is 18.0. The first-order valence-corrected chi connectivity index (χ1v) is 7.48. The second-order valence-electron chi connectivity index (χ2n) is 5.15. The Kier molecular flexibility index (Phi) is 5.04. The predicted molar refractivity (Wildman–Crippen MR) is 96.3 cm³/mol. The van der Waals surface area contributed by atoms with Crippen LogP contribution in [0.4, 0.5) is 11.4 Å². The van der Waals surface area contributed by atoms with Gasteiger partial charge < -0.3 is 16.0 Å². The molecular weight excluding hydrogens is 272 g/mol. The number of benzene rings is 1. The summed E-state index contributed by atoms with van der Waals surface area (Å²) in [5, 5.41) is 9.64. The van der Waals surface area contributed by atoms with Crippen LogP contribution in [0.3, 0.4) is 0 Å². The van der Waals surface area contributed by atoms with E-state index in [1.807, 2.05) is 28.2 Å². The van der Waals surface area contributed by atoms with Crippen molar-refractivity contribution in [3.63, 3.8) is 0 Å². The molecule has 0 amide bonds. The zero-order valence-corrected chi connectivity index (χ0v) is 14.0. The summed E-state index contributed by atoms with van der Waals surface area (Å²) < 4.78 is 0. The van der Waals surface area contributed by atoms with E-state index >= 15 is 0 Å². The molecule has 1 aromatic rings. The van der Waals surface area contributed by atoms with E-state index in [-0.39, 0.29) is 0 Å². The SMILES string of the molecule is CNC1=CC(=[NH+]C)C(=C(C)c2ccc(NC)cc2NC)C=C1. The Morgan fingerprint density at radius 1 is 1.00 bits per heavy atom. The van der Waals surface area contributed by atoms with Crippen molar-refractivity contribution in [3.05, 3.63) is 53.3 Å². The highest BCUT2D eigenvalue weighted by Crippen LogP contribution is 2.30. The molecule has 1 aromatic carbocycles. The fourth-order valence-electron chi connectivity index (χ4n) is 2.61. The van der Waals surface area contributed by atoms with Crippen molar-refractivity contribution < 1.29 is 4.99 Å². The highest BCUT2D eigenvalue weighted by Gasteiger charge is 2.17. The molecule has 0 radical (unpaired) electrons. The molecule has 2 rings (SSSR count). The third kappa shape index (κ3) is 3.06. The minimum atomic E-state index is 1.10. The molecule has 0 aromatic heterocycles. The minimum absolute atomic E-state index is 1.10. The lowest BCUT2D eigenvalue weighted by Crippen LogP contribution is -2.68. The van der Waals surface area contributed by atoms with Crippen LogP contribution in [0.25, 0.3) is 5.57 Å². The zero-order valence-electron chi connectivity index (χ0n) is 14.0. The first-order chi connectivity index (χ1) is 10.6. The van der Waals surface area contributed by atoms with Crippen LogP contribution in [0.2, 0.25) is 0 Å². The van der Waals surface area contributed by atoms with E-state index < -0.39 is 0 Å². The van der Waals surface area contributed by atoms with Crippen LogP contribution in [0.1, 0.15) is 12.5 Å². The van der Waals surface area contributed by atoms with E-state index in [0.717, 1.165) is 22.8 Å². The van der Waals surface area contributed by atoms with Gasteiger partial charge in [-0.2, -0.15) is 0 Å². The maximum absolute atomic E-state index is 3.29. The number of rotatable bonds is 4. The molecule has 1 aliphatic rings. The van der Waals surface area contributed by atoms with E-state index in [2.05, 4.69) is 64.3 Å². The van der Waals surface area contributed by atoms with E-state index in [1.54, 1.807) is 0 Å². The van der Waals surface area contributed by atoms with Gasteiger partial charge in [0.15, 0.2) is 0 Å². The molecule has 0 fully saturated rings. The van der Waals surface area contributed by atoms with Crippen LogP contribution in [0.5, 0.6) is 0 Å². The Morgan fingerprint density at radius 3 is 2.36 bits per heavy atom. The van der Waals surface area contributed by atoms with Gasteiger partial charge in [-0.05, 0) is 36.8 Å². The van der Waals surface area contributed by atoms with E-state index in [0.29, 0.717) is 0 Å². The first kappa shape index (κ1) is 15.9. The Bertz CT molecular complexity index is 678. The molecule has 0 aliphatic heterocycles. The molecule has 0 bridgehead atoms. The highest BCUT2D eigenvalue weighted by atomic mass is 14.9. The van der Waals surface area contributed by atoms with Gasteiger partial charge in [0.1, 0.15) is 7.05 Å². The predicted octanol–water partition coefficient (Wildman–Crippen LogP) is 1.37. The van der Waals surface area contributed by atoms with Crippen molar-refractivity contribution in [1.29, 1.82) is 0 Å². The van der Waals surface area contributed by atoms with Crippen LogP contribution in [-0.4, -0.2) is 33.9 Å². The number of likely N-dealkylation sites (N-methyl/N-ethyl adjacent to an activating group) is 1. The quantitative estimate of drug-likeness (QED) is 0.679. The maximum atomic E-state index is 3.29. The van der Waals surface area contributed by atoms with Gasteiger partial charge in [0.05, 0.1) is 0 Å². The summed E-state index contributed by atoms with van der Waals surface area (Å²) in [6.07, 6.45) is 6.37. The van der Waals surface area contributed by atoms with Crippen molar-refractivity contribution in [1.82, 2.24) is 5.32 Å². The van der Waals surface area contributed by atoms with Gasteiger partial charge in [-0.3, -0.25) is 0 Å². The third-order valence-electron chi connectivity index (χ3n) is 3.96. The second kappa shape index (κ2) is 6.98. The largest absolute Gasteiger partial charge is 0.388 e. The van der Waals surface area contributed by atoms with Gasteiger partial charge in [-0.25, -0.2) is 4.99 Å². The summed E-state index contributed by atoms with van der Waals surface area (Å²) in [4.78, 5) is 3.29. The molecular formula is C18H25N4+. The molecule has 4 nitrogen and oxygen atoms in total. The molecule has 0 unspecified atom stereocenters. The van der Waals surface area contributed by atoms with Crippen molar-refractivity contribution in [3.8, 4) is 0 Å². The summed E-state index contributed by atoms with van der Waals surface area (Å²) >= 11 is 0. The Hall–Kier alpha value is -2.49. The number of allylic oxidation sites excluding steroid dienone is 5. The summed E-state index contributed by atoms with van der Waals surface area (Å²) in [5.74, 6) is 0. The standard InChI is InChI=1S/C18H24N4/c1-12(15-8-6-13(19-2)10-17(15)21-4)16-9-7-14(20-3)11-18(16)22-5/h6-11,19-21H,1-5H3/p+1. The van der Waals surface area contributed by atoms with Crippen LogP contribution >= 0.6 is 0 Å². The van der Waals surface area contributed by atoms with Crippen LogP contribution < -0.4 is 20.9 Å². The summed E-state index contributed by atoms with van der Waals surface area (Å²) in [6, 6.07) is 6.37. The highest BCUT2D eigenvalue weighted by molar-refractivity contribution is 6.13. The van der Waals surface area contributed by atoms with Gasteiger partial charge in [-0.1, -0.05) is 6.07 Å². The molecule has 4 N–H and O–H groups in total. The smallest absolute Gasteiger partial charge is 0.207 e. The molecule has 0 saturated carbocycles. The number of anilines is 2. The fraction of sp³-hybridized carbons (Fsp3) is 0.278. The van der Waals surface area contributed by atoms with Crippen molar-refractivity contribution >= 4 is 22.7 Å². The van der Waals surface area contributed by atoms with Crippen molar-refractivity contribution in [2.45, 2.75) is 6.92 Å². The minimum Gasteiger partial charge on any atom is -0.388 e. The van der Waals surface area contributed by atoms with E-state index in [4.69, 9.17) is 0 Å². The van der Waals surface area contributed by atoms with Gasteiger partial charge in [0.2, 0.25) is 5.71 Å². The molecule has 22 heavy (non-hydrogen) atoms. The summed E-state index contributed by atoms with van der Waals surface area (Å²) in [7, 11) is 7.77. The van der Waals surface area contributed by atoms with E-state index in [9.17, 15) is 0 Å². The molecule has 0 saturated heterocycles. The van der Waals surface area contributed by atoms with Gasteiger partial charge >= 0.3 is 0 Å². The van der Waals surface area contributed by atoms with Gasteiger partial charge in [-0.15, -0.1) is 0 Å². The molecule has 0 heterocycles.